The molecule has 3 aliphatic rings. The molecule has 2 saturated carbocycles. The topological polar surface area (TPSA) is 24.1 Å². The summed E-state index contributed by atoms with van der Waals surface area (Å²) in [7, 11) is 0. The van der Waals surface area contributed by atoms with Crippen molar-refractivity contribution in [2.45, 2.75) is 90.9 Å². The van der Waals surface area contributed by atoms with Crippen LogP contribution < -0.4 is 10.6 Å². The highest BCUT2D eigenvalue weighted by molar-refractivity contribution is 5.46. The Morgan fingerprint density at radius 2 is 1.11 bits per heavy atom. The van der Waals surface area contributed by atoms with Crippen LogP contribution in [-0.2, 0) is 0 Å². The van der Waals surface area contributed by atoms with Gasteiger partial charge in [0.25, 0.3) is 0 Å². The Hall–Kier alpha value is -0.600. The molecular weight excluding hydrogens is 328 g/mol. The predicted molar refractivity (Wildman–Crippen MR) is 118 cm³/mol. The van der Waals surface area contributed by atoms with Gasteiger partial charge in [0.2, 0.25) is 0 Å². The SMILES string of the molecule is CCCNCC1(CNCCC)C=C(C2CCCCC2)C(C2CCCCC2)=C1. The van der Waals surface area contributed by atoms with Gasteiger partial charge in [0.05, 0.1) is 0 Å². The zero-order chi connectivity index (χ0) is 19.0. The number of allylic oxidation sites excluding steroid dienone is 2. The van der Waals surface area contributed by atoms with Gasteiger partial charge in [-0.1, -0.05) is 64.5 Å². The van der Waals surface area contributed by atoms with Crippen molar-refractivity contribution in [1.82, 2.24) is 10.6 Å². The normalized spacial score (nSPS) is 24.1. The van der Waals surface area contributed by atoms with Crippen LogP contribution >= 0.6 is 0 Å². The number of rotatable bonds is 10. The van der Waals surface area contributed by atoms with Gasteiger partial charge in [0.15, 0.2) is 0 Å². The molecule has 0 heterocycles. The highest BCUT2D eigenvalue weighted by Crippen LogP contribution is 2.47. The lowest BCUT2D eigenvalue weighted by molar-refractivity contribution is 0.376. The van der Waals surface area contributed by atoms with Crippen molar-refractivity contribution in [3.05, 3.63) is 23.3 Å². The first kappa shape index (κ1) is 21.1. The van der Waals surface area contributed by atoms with E-state index in [0.29, 0.717) is 0 Å². The summed E-state index contributed by atoms with van der Waals surface area (Å²) in [4.78, 5) is 0. The third-order valence-corrected chi connectivity index (χ3v) is 7.07. The second-order valence-corrected chi connectivity index (χ2v) is 9.46. The van der Waals surface area contributed by atoms with Gasteiger partial charge in [0, 0.05) is 18.5 Å². The van der Waals surface area contributed by atoms with E-state index in [2.05, 4.69) is 36.6 Å². The maximum absolute atomic E-state index is 3.76. The smallest absolute Gasteiger partial charge is 0.0323 e. The predicted octanol–water partition coefficient (Wildman–Crippen LogP) is 6.00. The molecule has 3 rings (SSSR count). The Bertz CT molecular complexity index is 446. The molecule has 0 bridgehead atoms. The van der Waals surface area contributed by atoms with E-state index in [1.165, 1.54) is 77.0 Å². The molecule has 2 fully saturated rings. The fourth-order valence-corrected chi connectivity index (χ4v) is 5.62. The molecule has 0 aliphatic heterocycles. The highest BCUT2D eigenvalue weighted by Gasteiger charge is 2.37. The van der Waals surface area contributed by atoms with Crippen LogP contribution in [0.5, 0.6) is 0 Å². The molecule has 0 amide bonds. The standard InChI is InChI=1S/C25H44N2/c1-3-15-26-19-25(20-27-16-4-2)17-23(21-11-7-5-8-12-21)24(18-25)22-13-9-6-10-14-22/h17-18,21-22,26-27H,3-16,19-20H2,1-2H3. The summed E-state index contributed by atoms with van der Waals surface area (Å²) in [6.07, 6.45) is 22.3. The zero-order valence-corrected chi connectivity index (χ0v) is 18.1. The van der Waals surface area contributed by atoms with Crippen molar-refractivity contribution in [3.63, 3.8) is 0 Å². The van der Waals surface area contributed by atoms with Gasteiger partial charge in [-0.2, -0.15) is 0 Å². The first-order chi connectivity index (χ1) is 13.3. The average Bonchev–Trinajstić information content (AvgIpc) is 3.10. The van der Waals surface area contributed by atoms with Crippen molar-refractivity contribution in [3.8, 4) is 0 Å². The maximum atomic E-state index is 3.76. The third kappa shape index (κ3) is 5.70. The Balaban J connectivity index is 1.84. The van der Waals surface area contributed by atoms with Gasteiger partial charge in [-0.25, -0.2) is 0 Å². The second-order valence-electron chi connectivity index (χ2n) is 9.46. The lowest BCUT2D eigenvalue weighted by atomic mass is 9.75. The van der Waals surface area contributed by atoms with Gasteiger partial charge in [-0.05, 0) is 74.6 Å². The Kier molecular flexibility index (Phi) is 8.46. The second kappa shape index (κ2) is 10.8. The van der Waals surface area contributed by atoms with Gasteiger partial charge < -0.3 is 10.6 Å². The lowest BCUT2D eigenvalue weighted by Gasteiger charge is -2.30. The lowest BCUT2D eigenvalue weighted by Crippen LogP contribution is -2.39. The van der Waals surface area contributed by atoms with Crippen LogP contribution in [0, 0.1) is 17.3 Å². The largest absolute Gasteiger partial charge is 0.316 e. The maximum Gasteiger partial charge on any atom is 0.0323 e. The van der Waals surface area contributed by atoms with Crippen LogP contribution in [0.3, 0.4) is 0 Å². The Morgan fingerprint density at radius 1 is 0.704 bits per heavy atom. The van der Waals surface area contributed by atoms with E-state index in [-0.39, 0.29) is 5.41 Å². The fraction of sp³-hybridized carbons (Fsp3) is 0.840. The number of hydrogen-bond acceptors (Lipinski definition) is 2. The molecule has 0 aromatic carbocycles. The molecule has 0 aromatic heterocycles. The monoisotopic (exact) mass is 372 g/mol. The van der Waals surface area contributed by atoms with Crippen LogP contribution in [0.1, 0.15) is 90.9 Å². The molecule has 2 N–H and O–H groups in total. The summed E-state index contributed by atoms with van der Waals surface area (Å²) in [5, 5.41) is 7.53. The average molecular weight is 373 g/mol. The minimum Gasteiger partial charge on any atom is -0.316 e. The minimum atomic E-state index is 0.198. The summed E-state index contributed by atoms with van der Waals surface area (Å²) >= 11 is 0. The molecule has 154 valence electrons. The Labute approximate surface area is 168 Å². The van der Waals surface area contributed by atoms with Gasteiger partial charge in [-0.3, -0.25) is 0 Å². The quantitative estimate of drug-likeness (QED) is 0.460. The van der Waals surface area contributed by atoms with Crippen LogP contribution in [-0.4, -0.2) is 26.2 Å². The van der Waals surface area contributed by atoms with Crippen molar-refractivity contribution >= 4 is 0 Å². The number of nitrogens with one attached hydrogen (secondary N) is 2. The van der Waals surface area contributed by atoms with Crippen LogP contribution in [0.4, 0.5) is 0 Å². The van der Waals surface area contributed by atoms with E-state index in [1.54, 1.807) is 11.1 Å². The van der Waals surface area contributed by atoms with Crippen molar-refractivity contribution in [2.75, 3.05) is 26.2 Å². The zero-order valence-electron chi connectivity index (χ0n) is 18.1. The van der Waals surface area contributed by atoms with E-state index in [4.69, 9.17) is 0 Å². The molecule has 3 aliphatic carbocycles. The summed E-state index contributed by atoms with van der Waals surface area (Å²) < 4.78 is 0. The van der Waals surface area contributed by atoms with Gasteiger partial charge >= 0.3 is 0 Å². The minimum absolute atomic E-state index is 0.198. The molecule has 0 unspecified atom stereocenters. The van der Waals surface area contributed by atoms with Crippen LogP contribution in [0.25, 0.3) is 0 Å². The summed E-state index contributed by atoms with van der Waals surface area (Å²) in [6, 6.07) is 0. The number of hydrogen-bond donors (Lipinski definition) is 2. The first-order valence-electron chi connectivity index (χ1n) is 12.2. The van der Waals surface area contributed by atoms with E-state index >= 15 is 0 Å². The first-order valence-corrected chi connectivity index (χ1v) is 12.2. The molecule has 0 saturated heterocycles. The van der Waals surface area contributed by atoms with E-state index < -0.39 is 0 Å². The third-order valence-electron chi connectivity index (χ3n) is 7.07. The van der Waals surface area contributed by atoms with Crippen molar-refractivity contribution < 1.29 is 0 Å². The molecule has 0 atom stereocenters. The van der Waals surface area contributed by atoms with E-state index in [0.717, 1.165) is 38.0 Å². The van der Waals surface area contributed by atoms with Crippen molar-refractivity contribution in [2.24, 2.45) is 17.3 Å². The summed E-state index contributed by atoms with van der Waals surface area (Å²) in [5.41, 5.74) is 3.75. The van der Waals surface area contributed by atoms with E-state index in [1.807, 2.05) is 0 Å². The van der Waals surface area contributed by atoms with Crippen LogP contribution in [0.2, 0.25) is 0 Å². The molecule has 2 heteroatoms. The van der Waals surface area contributed by atoms with E-state index in [9.17, 15) is 0 Å². The summed E-state index contributed by atoms with van der Waals surface area (Å²) in [6.45, 7) is 9.02. The van der Waals surface area contributed by atoms with Gasteiger partial charge in [-0.15, -0.1) is 0 Å². The molecule has 0 radical (unpaired) electrons. The molecule has 2 nitrogen and oxygen atoms in total. The molecule has 0 spiro atoms. The molecule has 0 aromatic rings. The summed E-state index contributed by atoms with van der Waals surface area (Å²) in [5.74, 6) is 1.68. The van der Waals surface area contributed by atoms with Crippen LogP contribution in [0.15, 0.2) is 23.3 Å². The highest BCUT2D eigenvalue weighted by atomic mass is 14.9. The fourth-order valence-electron chi connectivity index (χ4n) is 5.62. The molecule has 27 heavy (non-hydrogen) atoms. The van der Waals surface area contributed by atoms with Crippen molar-refractivity contribution in [1.29, 1.82) is 0 Å². The van der Waals surface area contributed by atoms with Gasteiger partial charge in [0.1, 0.15) is 0 Å². The Morgan fingerprint density at radius 3 is 1.48 bits per heavy atom. The molecular formula is C25H44N2.